The lowest BCUT2D eigenvalue weighted by molar-refractivity contribution is 0.333. The number of anilines is 1. The summed E-state index contributed by atoms with van der Waals surface area (Å²) in [5.41, 5.74) is 14.9. The van der Waals surface area contributed by atoms with E-state index >= 15 is 0 Å². The number of hydrogen-bond acceptors (Lipinski definition) is 7. The number of guanidine groups is 1. The molecule has 24 heavy (non-hydrogen) atoms. The van der Waals surface area contributed by atoms with Gasteiger partial charge in [0.05, 0.1) is 30.5 Å². The van der Waals surface area contributed by atoms with Crippen LogP contribution >= 0.6 is 0 Å². The molecule has 1 aromatic heterocycles. The van der Waals surface area contributed by atoms with E-state index in [1.807, 2.05) is 40.8 Å². The SMILES string of the molecule is CCCN1C(N)=NN(c2ccc(-n3cnc(C)c3)c(OC)c2)C1N. The van der Waals surface area contributed by atoms with Gasteiger partial charge in [0.1, 0.15) is 5.75 Å². The second-order valence-electron chi connectivity index (χ2n) is 5.69. The molecule has 1 unspecified atom stereocenters. The Bertz CT molecular complexity index is 755. The van der Waals surface area contributed by atoms with Gasteiger partial charge in [-0.3, -0.25) is 5.73 Å². The fraction of sp³-hybridized carbons (Fsp3) is 0.375. The fourth-order valence-electron chi connectivity index (χ4n) is 2.77. The first kappa shape index (κ1) is 16.1. The molecule has 8 heteroatoms. The van der Waals surface area contributed by atoms with Crippen molar-refractivity contribution >= 4 is 11.6 Å². The third-order valence-electron chi connectivity index (χ3n) is 3.96. The minimum absolute atomic E-state index is 0.420. The Morgan fingerprint density at radius 3 is 2.75 bits per heavy atom. The van der Waals surface area contributed by atoms with E-state index in [2.05, 4.69) is 17.0 Å². The minimum Gasteiger partial charge on any atom is -0.494 e. The van der Waals surface area contributed by atoms with Gasteiger partial charge in [-0.15, -0.1) is 5.10 Å². The monoisotopic (exact) mass is 329 g/mol. The number of benzene rings is 1. The number of aryl methyl sites for hydroxylation is 1. The quantitative estimate of drug-likeness (QED) is 0.855. The molecule has 0 fully saturated rings. The van der Waals surface area contributed by atoms with Crippen molar-refractivity contribution in [2.45, 2.75) is 26.6 Å². The van der Waals surface area contributed by atoms with Crippen LogP contribution in [-0.2, 0) is 0 Å². The Morgan fingerprint density at radius 2 is 2.12 bits per heavy atom. The number of rotatable bonds is 5. The Hall–Kier alpha value is -2.74. The highest BCUT2D eigenvalue weighted by Gasteiger charge is 2.30. The molecule has 1 aromatic carbocycles. The van der Waals surface area contributed by atoms with E-state index in [0.29, 0.717) is 11.7 Å². The molecule has 0 saturated carbocycles. The van der Waals surface area contributed by atoms with Gasteiger partial charge in [-0.2, -0.15) is 0 Å². The molecule has 1 atom stereocenters. The van der Waals surface area contributed by atoms with Crippen LogP contribution in [0.5, 0.6) is 5.75 Å². The van der Waals surface area contributed by atoms with E-state index in [9.17, 15) is 0 Å². The number of hydrogen-bond donors (Lipinski definition) is 2. The summed E-state index contributed by atoms with van der Waals surface area (Å²) in [5, 5.41) is 6.08. The number of aromatic nitrogens is 2. The molecule has 8 nitrogen and oxygen atoms in total. The Balaban J connectivity index is 1.93. The second kappa shape index (κ2) is 6.40. The maximum atomic E-state index is 6.28. The zero-order valence-electron chi connectivity index (χ0n) is 14.2. The first-order valence-corrected chi connectivity index (χ1v) is 7.89. The summed E-state index contributed by atoms with van der Waals surface area (Å²) in [4.78, 5) is 6.13. The van der Waals surface area contributed by atoms with Crippen molar-refractivity contribution in [1.82, 2.24) is 14.5 Å². The van der Waals surface area contributed by atoms with Crippen LogP contribution in [0.3, 0.4) is 0 Å². The summed E-state index contributed by atoms with van der Waals surface area (Å²) in [7, 11) is 1.64. The molecule has 0 saturated heterocycles. The van der Waals surface area contributed by atoms with Crippen LogP contribution in [0.25, 0.3) is 5.69 Å². The van der Waals surface area contributed by atoms with Gasteiger partial charge in [0.2, 0.25) is 5.96 Å². The number of nitrogens with two attached hydrogens (primary N) is 2. The predicted molar refractivity (Wildman–Crippen MR) is 93.9 cm³/mol. The molecule has 0 bridgehead atoms. The zero-order chi connectivity index (χ0) is 17.3. The third-order valence-corrected chi connectivity index (χ3v) is 3.96. The summed E-state index contributed by atoms with van der Waals surface area (Å²) >= 11 is 0. The first-order chi connectivity index (χ1) is 11.5. The standard InChI is InChI=1S/C16H23N7O/c1-4-7-22-15(17)20-23(16(22)18)12-5-6-13(14(8-12)24-3)21-9-11(2)19-10-21/h5-6,8-10,16H,4,7,18H2,1-3H3,(H2,17,20). The Kier molecular flexibility index (Phi) is 4.30. The number of ether oxygens (including phenoxy) is 1. The molecule has 1 aliphatic heterocycles. The predicted octanol–water partition coefficient (Wildman–Crippen LogP) is 1.19. The highest BCUT2D eigenvalue weighted by molar-refractivity contribution is 5.82. The molecule has 2 heterocycles. The number of imidazole rings is 1. The summed E-state index contributed by atoms with van der Waals surface area (Å²) in [6.45, 7) is 4.78. The van der Waals surface area contributed by atoms with E-state index in [-0.39, 0.29) is 0 Å². The number of hydrazone groups is 1. The van der Waals surface area contributed by atoms with E-state index in [0.717, 1.165) is 30.0 Å². The topological polar surface area (TPSA) is 97.9 Å². The molecule has 128 valence electrons. The van der Waals surface area contributed by atoms with E-state index < -0.39 is 6.29 Å². The zero-order valence-corrected chi connectivity index (χ0v) is 14.2. The smallest absolute Gasteiger partial charge is 0.217 e. The van der Waals surface area contributed by atoms with Crippen molar-refractivity contribution in [3.8, 4) is 11.4 Å². The fourth-order valence-corrected chi connectivity index (χ4v) is 2.77. The Morgan fingerprint density at radius 1 is 1.33 bits per heavy atom. The van der Waals surface area contributed by atoms with Gasteiger partial charge in [-0.1, -0.05) is 6.92 Å². The van der Waals surface area contributed by atoms with Crippen molar-refractivity contribution in [3.05, 3.63) is 36.4 Å². The lowest BCUT2D eigenvalue weighted by Crippen LogP contribution is -2.50. The van der Waals surface area contributed by atoms with Gasteiger partial charge in [0.15, 0.2) is 6.29 Å². The van der Waals surface area contributed by atoms with Gasteiger partial charge in [0, 0.05) is 18.8 Å². The van der Waals surface area contributed by atoms with Crippen LogP contribution in [-0.4, -0.2) is 40.4 Å². The highest BCUT2D eigenvalue weighted by Crippen LogP contribution is 2.31. The summed E-state index contributed by atoms with van der Waals surface area (Å²) < 4.78 is 7.46. The van der Waals surface area contributed by atoms with Gasteiger partial charge in [-0.25, -0.2) is 9.99 Å². The van der Waals surface area contributed by atoms with Crippen LogP contribution in [0.1, 0.15) is 19.0 Å². The molecular formula is C16H23N7O. The van der Waals surface area contributed by atoms with Crippen LogP contribution in [0.15, 0.2) is 35.8 Å². The molecule has 2 aromatic rings. The molecule has 0 radical (unpaired) electrons. The van der Waals surface area contributed by atoms with Crippen LogP contribution < -0.4 is 21.2 Å². The van der Waals surface area contributed by atoms with Crippen molar-refractivity contribution < 1.29 is 4.74 Å². The molecular weight excluding hydrogens is 306 g/mol. The largest absolute Gasteiger partial charge is 0.494 e. The van der Waals surface area contributed by atoms with Crippen LogP contribution in [0.4, 0.5) is 5.69 Å². The number of methoxy groups -OCH3 is 1. The van der Waals surface area contributed by atoms with E-state index in [1.54, 1.807) is 18.4 Å². The normalized spacial score (nSPS) is 17.3. The third kappa shape index (κ3) is 2.76. The average Bonchev–Trinajstić information content (AvgIpc) is 3.13. The van der Waals surface area contributed by atoms with Gasteiger partial charge < -0.3 is 19.9 Å². The number of nitrogens with zero attached hydrogens (tertiary/aromatic N) is 5. The van der Waals surface area contributed by atoms with Crippen molar-refractivity contribution in [3.63, 3.8) is 0 Å². The minimum atomic E-state index is -0.420. The van der Waals surface area contributed by atoms with Crippen LogP contribution in [0, 0.1) is 6.92 Å². The van der Waals surface area contributed by atoms with Crippen molar-refractivity contribution in [1.29, 1.82) is 0 Å². The van der Waals surface area contributed by atoms with E-state index in [1.165, 1.54) is 0 Å². The lowest BCUT2D eigenvalue weighted by atomic mass is 10.2. The summed E-state index contributed by atoms with van der Waals surface area (Å²) in [6.07, 6.45) is 4.22. The maximum Gasteiger partial charge on any atom is 0.217 e. The molecule has 1 aliphatic rings. The summed E-state index contributed by atoms with van der Waals surface area (Å²) in [5.74, 6) is 1.14. The molecule has 0 spiro atoms. The molecule has 3 rings (SSSR count). The van der Waals surface area contributed by atoms with Gasteiger partial charge in [-0.05, 0) is 25.5 Å². The lowest BCUT2D eigenvalue weighted by Gasteiger charge is -2.27. The molecule has 4 N–H and O–H groups in total. The molecule has 0 amide bonds. The Labute approximate surface area is 141 Å². The summed E-state index contributed by atoms with van der Waals surface area (Å²) in [6, 6.07) is 5.80. The maximum absolute atomic E-state index is 6.28. The van der Waals surface area contributed by atoms with Gasteiger partial charge in [0.25, 0.3) is 0 Å². The molecule has 0 aliphatic carbocycles. The van der Waals surface area contributed by atoms with Gasteiger partial charge >= 0.3 is 0 Å². The second-order valence-corrected chi connectivity index (χ2v) is 5.69. The van der Waals surface area contributed by atoms with E-state index in [4.69, 9.17) is 16.2 Å². The highest BCUT2D eigenvalue weighted by atomic mass is 16.5. The van der Waals surface area contributed by atoms with Crippen molar-refractivity contribution in [2.24, 2.45) is 16.6 Å². The average molecular weight is 329 g/mol. The van der Waals surface area contributed by atoms with Crippen molar-refractivity contribution in [2.75, 3.05) is 18.7 Å². The van der Waals surface area contributed by atoms with Crippen LogP contribution in [0.2, 0.25) is 0 Å². The first-order valence-electron chi connectivity index (χ1n) is 7.89.